The number of pyridine rings is 1. The molecule has 0 saturated carbocycles. The summed E-state index contributed by atoms with van der Waals surface area (Å²) in [6, 6.07) is 4.07. The summed E-state index contributed by atoms with van der Waals surface area (Å²) in [5.74, 6) is 0.936. The van der Waals surface area contributed by atoms with Crippen LogP contribution in [0.3, 0.4) is 0 Å². The largest absolute Gasteiger partial charge is 0.492 e. The SMILES string of the molecule is CCCCCCOc1ccc(C)nc1CNCCC. The van der Waals surface area contributed by atoms with Crippen molar-refractivity contribution in [2.45, 2.75) is 59.4 Å². The molecular weight excluding hydrogens is 236 g/mol. The number of unbranched alkanes of at least 4 members (excludes halogenated alkanes) is 3. The van der Waals surface area contributed by atoms with Crippen molar-refractivity contribution >= 4 is 0 Å². The normalized spacial score (nSPS) is 10.7. The van der Waals surface area contributed by atoms with Gasteiger partial charge in [0, 0.05) is 12.2 Å². The summed E-state index contributed by atoms with van der Waals surface area (Å²) in [5.41, 5.74) is 2.08. The van der Waals surface area contributed by atoms with Crippen LogP contribution in [0.4, 0.5) is 0 Å². The molecule has 1 rings (SSSR count). The van der Waals surface area contributed by atoms with Gasteiger partial charge in [0.05, 0.1) is 12.3 Å². The Labute approximate surface area is 117 Å². The average molecular weight is 264 g/mol. The Kier molecular flexibility index (Phi) is 8.23. The zero-order valence-electron chi connectivity index (χ0n) is 12.7. The summed E-state index contributed by atoms with van der Waals surface area (Å²) in [7, 11) is 0. The molecule has 0 amide bonds. The number of aryl methyl sites for hydroxylation is 1. The van der Waals surface area contributed by atoms with Crippen LogP contribution in [-0.4, -0.2) is 18.1 Å². The molecule has 0 aliphatic heterocycles. The van der Waals surface area contributed by atoms with Crippen LogP contribution in [0.25, 0.3) is 0 Å². The van der Waals surface area contributed by atoms with Gasteiger partial charge in [0.2, 0.25) is 0 Å². The van der Waals surface area contributed by atoms with E-state index in [9.17, 15) is 0 Å². The Bertz CT molecular complexity index is 353. The molecule has 0 fully saturated rings. The molecule has 1 aromatic rings. The summed E-state index contributed by atoms with van der Waals surface area (Å²) in [5, 5.41) is 3.39. The number of ether oxygens (including phenoxy) is 1. The summed E-state index contributed by atoms with van der Waals surface area (Å²) in [4.78, 5) is 4.57. The zero-order chi connectivity index (χ0) is 13.9. The lowest BCUT2D eigenvalue weighted by molar-refractivity contribution is 0.299. The van der Waals surface area contributed by atoms with Crippen LogP contribution in [0, 0.1) is 6.92 Å². The summed E-state index contributed by atoms with van der Waals surface area (Å²) in [6.07, 6.45) is 6.07. The van der Waals surface area contributed by atoms with E-state index in [0.29, 0.717) is 0 Å². The average Bonchev–Trinajstić information content (AvgIpc) is 2.41. The Hall–Kier alpha value is -1.09. The maximum Gasteiger partial charge on any atom is 0.142 e. The third kappa shape index (κ3) is 6.58. The Morgan fingerprint density at radius 2 is 1.95 bits per heavy atom. The van der Waals surface area contributed by atoms with Gasteiger partial charge in [-0.1, -0.05) is 33.1 Å². The number of aromatic nitrogens is 1. The summed E-state index contributed by atoms with van der Waals surface area (Å²) < 4.78 is 5.87. The predicted octanol–water partition coefficient (Wildman–Crippen LogP) is 3.85. The van der Waals surface area contributed by atoms with Crippen molar-refractivity contribution in [2.24, 2.45) is 0 Å². The fourth-order valence-electron chi connectivity index (χ4n) is 1.95. The first-order valence-corrected chi connectivity index (χ1v) is 7.58. The van der Waals surface area contributed by atoms with Crippen LogP contribution in [0.1, 0.15) is 57.3 Å². The molecule has 1 N–H and O–H groups in total. The molecule has 0 bridgehead atoms. The van der Waals surface area contributed by atoms with E-state index >= 15 is 0 Å². The van der Waals surface area contributed by atoms with Gasteiger partial charge >= 0.3 is 0 Å². The van der Waals surface area contributed by atoms with E-state index in [1.54, 1.807) is 0 Å². The van der Waals surface area contributed by atoms with Crippen LogP contribution < -0.4 is 10.1 Å². The Balaban J connectivity index is 2.45. The first-order chi connectivity index (χ1) is 9.27. The second kappa shape index (κ2) is 9.79. The van der Waals surface area contributed by atoms with Gasteiger partial charge in [0.15, 0.2) is 0 Å². The molecule has 0 spiro atoms. The molecule has 0 saturated heterocycles. The van der Waals surface area contributed by atoms with Crippen molar-refractivity contribution in [2.75, 3.05) is 13.2 Å². The van der Waals surface area contributed by atoms with Crippen molar-refractivity contribution in [3.8, 4) is 5.75 Å². The third-order valence-corrected chi connectivity index (χ3v) is 3.05. The maximum absolute atomic E-state index is 5.87. The van der Waals surface area contributed by atoms with Crippen LogP contribution in [0.5, 0.6) is 5.75 Å². The van der Waals surface area contributed by atoms with Crippen LogP contribution in [0.2, 0.25) is 0 Å². The van der Waals surface area contributed by atoms with Crippen LogP contribution >= 0.6 is 0 Å². The smallest absolute Gasteiger partial charge is 0.142 e. The minimum Gasteiger partial charge on any atom is -0.492 e. The van der Waals surface area contributed by atoms with Gasteiger partial charge in [-0.3, -0.25) is 4.98 Å². The zero-order valence-corrected chi connectivity index (χ0v) is 12.7. The number of nitrogens with zero attached hydrogens (tertiary/aromatic N) is 1. The fraction of sp³-hybridized carbons (Fsp3) is 0.688. The number of hydrogen-bond donors (Lipinski definition) is 1. The van der Waals surface area contributed by atoms with E-state index < -0.39 is 0 Å². The second-order valence-corrected chi connectivity index (χ2v) is 4.98. The van der Waals surface area contributed by atoms with Gasteiger partial charge < -0.3 is 10.1 Å². The minimum absolute atomic E-state index is 0.791. The number of rotatable bonds is 10. The number of nitrogens with one attached hydrogen (secondary N) is 1. The lowest BCUT2D eigenvalue weighted by atomic mass is 10.2. The summed E-state index contributed by atoms with van der Waals surface area (Å²) >= 11 is 0. The van der Waals surface area contributed by atoms with E-state index in [1.807, 2.05) is 19.1 Å². The van der Waals surface area contributed by atoms with Crippen molar-refractivity contribution in [3.63, 3.8) is 0 Å². The predicted molar refractivity (Wildman–Crippen MR) is 80.6 cm³/mol. The van der Waals surface area contributed by atoms with Crippen LogP contribution in [0.15, 0.2) is 12.1 Å². The first kappa shape index (κ1) is 16.0. The highest BCUT2D eigenvalue weighted by Crippen LogP contribution is 2.17. The highest BCUT2D eigenvalue weighted by atomic mass is 16.5. The third-order valence-electron chi connectivity index (χ3n) is 3.05. The molecule has 0 atom stereocenters. The molecular formula is C16H28N2O. The maximum atomic E-state index is 5.87. The van der Waals surface area contributed by atoms with Gasteiger partial charge in [-0.05, 0) is 38.4 Å². The van der Waals surface area contributed by atoms with Crippen molar-refractivity contribution in [1.29, 1.82) is 0 Å². The second-order valence-electron chi connectivity index (χ2n) is 4.98. The lowest BCUT2D eigenvalue weighted by Gasteiger charge is -2.12. The standard InChI is InChI=1S/C16H28N2O/c1-4-6-7-8-12-19-16-10-9-14(3)18-15(16)13-17-11-5-2/h9-10,17H,4-8,11-13H2,1-3H3. The van der Waals surface area contributed by atoms with Gasteiger partial charge in [0.1, 0.15) is 5.75 Å². The van der Waals surface area contributed by atoms with E-state index in [4.69, 9.17) is 4.74 Å². The Morgan fingerprint density at radius 3 is 2.68 bits per heavy atom. The molecule has 3 heteroatoms. The van der Waals surface area contributed by atoms with Gasteiger partial charge in [-0.2, -0.15) is 0 Å². The van der Waals surface area contributed by atoms with Gasteiger partial charge in [-0.15, -0.1) is 0 Å². The van der Waals surface area contributed by atoms with Gasteiger partial charge in [-0.25, -0.2) is 0 Å². The first-order valence-electron chi connectivity index (χ1n) is 7.58. The molecule has 0 aliphatic carbocycles. The van der Waals surface area contributed by atoms with Crippen LogP contribution in [-0.2, 0) is 6.54 Å². The minimum atomic E-state index is 0.791. The van der Waals surface area contributed by atoms with Gasteiger partial charge in [0.25, 0.3) is 0 Å². The molecule has 19 heavy (non-hydrogen) atoms. The number of hydrogen-bond acceptors (Lipinski definition) is 3. The monoisotopic (exact) mass is 264 g/mol. The lowest BCUT2D eigenvalue weighted by Crippen LogP contribution is -2.16. The molecule has 1 aromatic heterocycles. The van der Waals surface area contributed by atoms with E-state index in [1.165, 1.54) is 19.3 Å². The molecule has 0 radical (unpaired) electrons. The van der Waals surface area contributed by atoms with Crippen molar-refractivity contribution in [3.05, 3.63) is 23.5 Å². The summed E-state index contributed by atoms with van der Waals surface area (Å²) in [6.45, 7) is 9.02. The quantitative estimate of drug-likeness (QED) is 0.652. The highest BCUT2D eigenvalue weighted by Gasteiger charge is 2.05. The van der Waals surface area contributed by atoms with Crippen molar-refractivity contribution < 1.29 is 4.74 Å². The van der Waals surface area contributed by atoms with E-state index in [2.05, 4.69) is 24.1 Å². The fourth-order valence-corrected chi connectivity index (χ4v) is 1.95. The van der Waals surface area contributed by atoms with E-state index in [-0.39, 0.29) is 0 Å². The molecule has 0 unspecified atom stereocenters. The molecule has 3 nitrogen and oxygen atoms in total. The Morgan fingerprint density at radius 1 is 1.11 bits per heavy atom. The molecule has 108 valence electrons. The molecule has 0 aromatic carbocycles. The van der Waals surface area contributed by atoms with E-state index in [0.717, 1.165) is 49.7 Å². The molecule has 1 heterocycles. The topological polar surface area (TPSA) is 34.1 Å². The van der Waals surface area contributed by atoms with Crippen molar-refractivity contribution in [1.82, 2.24) is 10.3 Å². The molecule has 0 aliphatic rings. The highest BCUT2D eigenvalue weighted by molar-refractivity contribution is 5.29.